The molecule has 2 aromatic carbocycles. The van der Waals surface area contributed by atoms with Gasteiger partial charge in [-0.15, -0.1) is 0 Å². The van der Waals surface area contributed by atoms with Crippen molar-refractivity contribution in [2.75, 3.05) is 16.9 Å². The van der Waals surface area contributed by atoms with Crippen LogP contribution in [0.25, 0.3) is 0 Å². The van der Waals surface area contributed by atoms with Gasteiger partial charge in [-0.2, -0.15) is 0 Å². The predicted octanol–water partition coefficient (Wildman–Crippen LogP) is 3.05. The predicted molar refractivity (Wildman–Crippen MR) is 80.9 cm³/mol. The molecule has 100 valence electrons. The van der Waals surface area contributed by atoms with Gasteiger partial charge in [0.25, 0.3) is 5.78 Å². The number of Topliss-reactive ketones (excluding diaryl/α,β-unsaturated/α-hetero) is 1. The van der Waals surface area contributed by atoms with Gasteiger partial charge in [0.2, 0.25) is 0 Å². The number of halogens is 1. The van der Waals surface area contributed by atoms with Gasteiger partial charge in [0, 0.05) is 10.2 Å². The molecule has 1 amide bonds. The Kier molecular flexibility index (Phi) is 3.28. The molecule has 0 radical (unpaired) electrons. The van der Waals surface area contributed by atoms with Gasteiger partial charge in [0.05, 0.1) is 17.9 Å². The molecule has 0 atom stereocenters. The maximum Gasteiger partial charge on any atom is 0.300 e. The van der Waals surface area contributed by atoms with Gasteiger partial charge in [-0.1, -0.05) is 28.1 Å². The van der Waals surface area contributed by atoms with Crippen molar-refractivity contribution >= 4 is 39.0 Å². The summed E-state index contributed by atoms with van der Waals surface area (Å²) in [6.45, 7) is 0.267. The minimum Gasteiger partial charge on any atom is -0.367 e. The summed E-state index contributed by atoms with van der Waals surface area (Å²) in [5.74, 6) is -0.936. The molecule has 0 spiro atoms. The Bertz CT molecular complexity index is 683. The highest BCUT2D eigenvalue weighted by molar-refractivity contribution is 9.10. The Balaban J connectivity index is 1.79. The molecular formula is C15H11BrN2O2. The lowest BCUT2D eigenvalue weighted by atomic mass is 10.1. The van der Waals surface area contributed by atoms with Crippen LogP contribution >= 0.6 is 15.9 Å². The van der Waals surface area contributed by atoms with Crippen LogP contribution in [0.4, 0.5) is 11.4 Å². The van der Waals surface area contributed by atoms with E-state index in [1.165, 1.54) is 4.90 Å². The standard InChI is InChI=1S/C15H11BrN2O2/c16-10-5-7-11(8-6-10)17-9-18-13-4-2-1-3-12(13)14(19)15(18)20/h1-8,17H,9H2. The normalized spacial score (nSPS) is 13.6. The number of anilines is 2. The third kappa shape index (κ3) is 2.20. The summed E-state index contributed by atoms with van der Waals surface area (Å²) in [6.07, 6.45) is 0. The summed E-state index contributed by atoms with van der Waals surface area (Å²) < 4.78 is 0.987. The van der Waals surface area contributed by atoms with Crippen LogP contribution in [-0.4, -0.2) is 18.4 Å². The molecule has 1 aliphatic heterocycles. The molecule has 0 fully saturated rings. The second kappa shape index (κ2) is 5.09. The van der Waals surface area contributed by atoms with E-state index in [9.17, 15) is 9.59 Å². The van der Waals surface area contributed by atoms with Crippen LogP contribution in [0.5, 0.6) is 0 Å². The number of amides is 1. The van der Waals surface area contributed by atoms with E-state index in [-0.39, 0.29) is 6.67 Å². The quantitative estimate of drug-likeness (QED) is 0.880. The Labute approximate surface area is 124 Å². The second-order valence-electron chi connectivity index (χ2n) is 4.42. The molecule has 0 unspecified atom stereocenters. The molecule has 1 N–H and O–H groups in total. The average molecular weight is 331 g/mol. The van der Waals surface area contributed by atoms with E-state index >= 15 is 0 Å². The summed E-state index contributed by atoms with van der Waals surface area (Å²) in [5, 5.41) is 3.14. The Morgan fingerprint density at radius 3 is 2.45 bits per heavy atom. The van der Waals surface area contributed by atoms with Gasteiger partial charge in [-0.05, 0) is 36.4 Å². The smallest absolute Gasteiger partial charge is 0.300 e. The number of benzene rings is 2. The van der Waals surface area contributed by atoms with Crippen LogP contribution in [0, 0.1) is 0 Å². The monoisotopic (exact) mass is 330 g/mol. The van der Waals surface area contributed by atoms with Crippen molar-refractivity contribution in [1.82, 2.24) is 0 Å². The first-order valence-corrected chi connectivity index (χ1v) is 6.91. The number of carbonyl (C=O) groups is 2. The third-order valence-electron chi connectivity index (χ3n) is 3.16. The third-order valence-corrected chi connectivity index (χ3v) is 3.69. The molecule has 20 heavy (non-hydrogen) atoms. The first-order chi connectivity index (χ1) is 9.66. The molecule has 4 nitrogen and oxygen atoms in total. The fourth-order valence-corrected chi connectivity index (χ4v) is 2.41. The van der Waals surface area contributed by atoms with Gasteiger partial charge < -0.3 is 5.32 Å². The van der Waals surface area contributed by atoms with Crippen LogP contribution in [0.15, 0.2) is 53.0 Å². The lowest BCUT2D eigenvalue weighted by Crippen LogP contribution is -2.34. The van der Waals surface area contributed by atoms with Crippen LogP contribution < -0.4 is 10.2 Å². The molecule has 1 aliphatic rings. The molecule has 0 saturated carbocycles. The Hall–Kier alpha value is -2.14. The van der Waals surface area contributed by atoms with Crippen molar-refractivity contribution in [1.29, 1.82) is 0 Å². The van der Waals surface area contributed by atoms with E-state index in [0.29, 0.717) is 11.3 Å². The van der Waals surface area contributed by atoms with Gasteiger partial charge >= 0.3 is 5.91 Å². The van der Waals surface area contributed by atoms with E-state index in [1.807, 2.05) is 30.3 Å². The topological polar surface area (TPSA) is 49.4 Å². The van der Waals surface area contributed by atoms with Gasteiger partial charge in [0.1, 0.15) is 0 Å². The maximum absolute atomic E-state index is 12.0. The number of ketones is 1. The fraction of sp³-hybridized carbons (Fsp3) is 0.0667. The van der Waals surface area contributed by atoms with Crippen LogP contribution in [0.3, 0.4) is 0 Å². The first-order valence-electron chi connectivity index (χ1n) is 6.11. The van der Waals surface area contributed by atoms with E-state index in [4.69, 9.17) is 0 Å². The minimum atomic E-state index is -0.490. The SMILES string of the molecule is O=C1C(=O)N(CNc2ccc(Br)cc2)c2ccccc21. The lowest BCUT2D eigenvalue weighted by Gasteiger charge is -2.17. The number of fused-ring (bicyclic) bond motifs is 1. The summed E-state index contributed by atoms with van der Waals surface area (Å²) >= 11 is 3.36. The molecule has 5 heteroatoms. The molecule has 2 aromatic rings. The highest BCUT2D eigenvalue weighted by Gasteiger charge is 2.34. The van der Waals surface area contributed by atoms with Crippen molar-refractivity contribution in [2.24, 2.45) is 0 Å². The van der Waals surface area contributed by atoms with E-state index in [1.54, 1.807) is 18.2 Å². The summed E-state index contributed by atoms with van der Waals surface area (Å²) in [7, 11) is 0. The first kappa shape index (κ1) is 12.9. The number of nitrogens with zero attached hydrogens (tertiary/aromatic N) is 1. The highest BCUT2D eigenvalue weighted by atomic mass is 79.9. The molecule has 3 rings (SSSR count). The zero-order chi connectivity index (χ0) is 14.1. The van der Waals surface area contributed by atoms with Crippen LogP contribution in [0.1, 0.15) is 10.4 Å². The zero-order valence-corrected chi connectivity index (χ0v) is 12.1. The maximum atomic E-state index is 12.0. The van der Waals surface area contributed by atoms with Crippen LogP contribution in [-0.2, 0) is 4.79 Å². The molecule has 1 heterocycles. The Morgan fingerprint density at radius 2 is 1.70 bits per heavy atom. The lowest BCUT2D eigenvalue weighted by molar-refractivity contribution is -0.114. The molecular weight excluding hydrogens is 320 g/mol. The number of carbonyl (C=O) groups excluding carboxylic acids is 2. The van der Waals surface area contributed by atoms with Gasteiger partial charge in [-0.3, -0.25) is 14.5 Å². The van der Waals surface area contributed by atoms with E-state index in [2.05, 4.69) is 21.2 Å². The number of rotatable bonds is 3. The number of nitrogens with one attached hydrogen (secondary N) is 1. The van der Waals surface area contributed by atoms with E-state index < -0.39 is 11.7 Å². The molecule has 0 aromatic heterocycles. The van der Waals surface area contributed by atoms with Crippen LogP contribution in [0.2, 0.25) is 0 Å². The van der Waals surface area contributed by atoms with Crippen molar-refractivity contribution in [3.05, 3.63) is 58.6 Å². The van der Waals surface area contributed by atoms with Crippen molar-refractivity contribution in [2.45, 2.75) is 0 Å². The average Bonchev–Trinajstić information content (AvgIpc) is 2.71. The zero-order valence-electron chi connectivity index (χ0n) is 10.5. The van der Waals surface area contributed by atoms with Gasteiger partial charge in [-0.25, -0.2) is 0 Å². The molecule has 0 bridgehead atoms. The minimum absolute atomic E-state index is 0.267. The largest absolute Gasteiger partial charge is 0.367 e. The summed E-state index contributed by atoms with van der Waals surface area (Å²) in [6, 6.07) is 14.7. The second-order valence-corrected chi connectivity index (χ2v) is 5.34. The highest BCUT2D eigenvalue weighted by Crippen LogP contribution is 2.28. The molecule has 0 saturated heterocycles. The van der Waals surface area contributed by atoms with Gasteiger partial charge in [0.15, 0.2) is 0 Å². The summed E-state index contributed by atoms with van der Waals surface area (Å²) in [4.78, 5) is 25.3. The Morgan fingerprint density at radius 1 is 1.00 bits per heavy atom. The number of hydrogen-bond donors (Lipinski definition) is 1. The van der Waals surface area contributed by atoms with Crippen molar-refractivity contribution in [3.8, 4) is 0 Å². The fourth-order valence-electron chi connectivity index (χ4n) is 2.14. The van der Waals surface area contributed by atoms with Crippen molar-refractivity contribution in [3.63, 3.8) is 0 Å². The number of hydrogen-bond acceptors (Lipinski definition) is 3. The van der Waals surface area contributed by atoms with Crippen molar-refractivity contribution < 1.29 is 9.59 Å². The molecule has 0 aliphatic carbocycles. The number of para-hydroxylation sites is 1. The summed E-state index contributed by atoms with van der Waals surface area (Å²) in [5.41, 5.74) is 2.01. The van der Waals surface area contributed by atoms with E-state index in [0.717, 1.165) is 10.2 Å².